The van der Waals surface area contributed by atoms with E-state index in [4.69, 9.17) is 0 Å². The molecule has 1 nitrogen and oxygen atoms in total. The third-order valence-electron chi connectivity index (χ3n) is 4.32. The maximum Gasteiger partial charge on any atom is 0.0125 e. The van der Waals surface area contributed by atoms with Crippen LogP contribution in [0.4, 0.5) is 0 Å². The Bertz CT molecular complexity index is 204. The Morgan fingerprint density at radius 1 is 0.714 bits per heavy atom. The van der Waals surface area contributed by atoms with Gasteiger partial charge in [0.1, 0.15) is 0 Å². The van der Waals surface area contributed by atoms with Gasteiger partial charge in [0, 0.05) is 10.9 Å². The van der Waals surface area contributed by atoms with Crippen LogP contribution in [0.2, 0.25) is 0 Å². The first kappa shape index (κ1) is 21.4. The zero-order valence-electron chi connectivity index (χ0n) is 15.0. The van der Waals surface area contributed by atoms with Gasteiger partial charge in [-0.1, -0.05) is 87.1 Å². The van der Waals surface area contributed by atoms with Crippen LogP contribution in [0, 0.1) is 0 Å². The van der Waals surface area contributed by atoms with E-state index in [0.29, 0.717) is 5.54 Å². The van der Waals surface area contributed by atoms with Crippen LogP contribution in [-0.4, -0.2) is 17.4 Å². The maximum absolute atomic E-state index is 3.74. The van der Waals surface area contributed by atoms with E-state index in [9.17, 15) is 0 Å². The quantitative estimate of drug-likeness (QED) is 0.234. The van der Waals surface area contributed by atoms with Crippen LogP contribution in [0.15, 0.2) is 0 Å². The van der Waals surface area contributed by atoms with Crippen LogP contribution < -0.4 is 5.32 Å². The monoisotopic (exact) mass is 361 g/mol. The molecule has 0 bridgehead atoms. The fourth-order valence-corrected chi connectivity index (χ4v) is 3.19. The van der Waals surface area contributed by atoms with Gasteiger partial charge in [-0.2, -0.15) is 0 Å². The van der Waals surface area contributed by atoms with Gasteiger partial charge < -0.3 is 5.32 Å². The van der Waals surface area contributed by atoms with Gasteiger partial charge in [-0.3, -0.25) is 0 Å². The minimum Gasteiger partial charge on any atom is -0.312 e. The molecular formula is C19H40BrN. The van der Waals surface area contributed by atoms with Crippen LogP contribution in [0.1, 0.15) is 104 Å². The lowest BCUT2D eigenvalue weighted by Crippen LogP contribution is -2.39. The van der Waals surface area contributed by atoms with Crippen molar-refractivity contribution in [3.63, 3.8) is 0 Å². The molecule has 0 saturated carbocycles. The van der Waals surface area contributed by atoms with Crippen LogP contribution >= 0.6 is 15.9 Å². The molecule has 0 amide bonds. The summed E-state index contributed by atoms with van der Waals surface area (Å²) in [6, 6.07) is 0. The van der Waals surface area contributed by atoms with Crippen molar-refractivity contribution in [2.45, 2.75) is 110 Å². The molecule has 0 aromatic carbocycles. The summed E-state index contributed by atoms with van der Waals surface area (Å²) in [5, 5.41) is 4.90. The van der Waals surface area contributed by atoms with Crippen molar-refractivity contribution < 1.29 is 0 Å². The number of alkyl halides is 1. The van der Waals surface area contributed by atoms with E-state index in [2.05, 4.69) is 42.0 Å². The highest BCUT2D eigenvalue weighted by molar-refractivity contribution is 9.09. The molecule has 21 heavy (non-hydrogen) atoms. The van der Waals surface area contributed by atoms with Gasteiger partial charge >= 0.3 is 0 Å². The number of nitrogens with one attached hydrogen (secondary N) is 1. The number of hydrogen-bond donors (Lipinski definition) is 1. The summed E-state index contributed by atoms with van der Waals surface area (Å²) in [6.07, 6.45) is 18.1. The van der Waals surface area contributed by atoms with Crippen molar-refractivity contribution in [2.75, 3.05) is 11.9 Å². The highest BCUT2D eigenvalue weighted by Crippen LogP contribution is 2.16. The second-order valence-corrected chi connectivity index (χ2v) is 7.93. The van der Waals surface area contributed by atoms with Gasteiger partial charge in [0.05, 0.1) is 0 Å². The molecule has 0 atom stereocenters. The zero-order chi connectivity index (χ0) is 15.8. The SMILES string of the molecule is CCCCCCCCCCC(C)(C)NCCCCCCBr. The van der Waals surface area contributed by atoms with E-state index in [1.54, 1.807) is 0 Å². The molecule has 0 spiro atoms. The average Bonchev–Trinajstić information content (AvgIpc) is 2.45. The first-order valence-corrected chi connectivity index (χ1v) is 10.6. The van der Waals surface area contributed by atoms with Crippen LogP contribution in [-0.2, 0) is 0 Å². The molecule has 0 aliphatic heterocycles. The van der Waals surface area contributed by atoms with Crippen molar-refractivity contribution in [3.8, 4) is 0 Å². The highest BCUT2D eigenvalue weighted by Gasteiger charge is 2.15. The van der Waals surface area contributed by atoms with Gasteiger partial charge in [-0.05, 0) is 39.7 Å². The topological polar surface area (TPSA) is 12.0 Å². The van der Waals surface area contributed by atoms with Crippen molar-refractivity contribution in [3.05, 3.63) is 0 Å². The second-order valence-electron chi connectivity index (χ2n) is 7.14. The maximum atomic E-state index is 3.74. The first-order valence-electron chi connectivity index (χ1n) is 9.43. The molecule has 0 heterocycles. The summed E-state index contributed by atoms with van der Waals surface area (Å²) >= 11 is 3.49. The van der Waals surface area contributed by atoms with E-state index < -0.39 is 0 Å². The molecule has 0 aliphatic rings. The van der Waals surface area contributed by atoms with Crippen LogP contribution in [0.3, 0.4) is 0 Å². The van der Waals surface area contributed by atoms with Gasteiger partial charge in [0.15, 0.2) is 0 Å². The standard InChI is InChI=1S/C19H40BrN/c1-4-5-6-7-8-9-10-13-16-19(2,3)21-18-15-12-11-14-17-20/h21H,4-18H2,1-3H3. The molecule has 2 heteroatoms. The number of rotatable bonds is 16. The predicted molar refractivity (Wildman–Crippen MR) is 102 cm³/mol. The number of hydrogen-bond acceptors (Lipinski definition) is 1. The Kier molecular flexibility index (Phi) is 15.7. The van der Waals surface area contributed by atoms with Gasteiger partial charge in [0.2, 0.25) is 0 Å². The third kappa shape index (κ3) is 16.6. The predicted octanol–water partition coefficient (Wildman–Crippen LogP) is 6.84. The molecule has 0 aromatic heterocycles. The lowest BCUT2D eigenvalue weighted by atomic mass is 9.95. The van der Waals surface area contributed by atoms with Crippen LogP contribution in [0.25, 0.3) is 0 Å². The van der Waals surface area contributed by atoms with Crippen molar-refractivity contribution in [1.29, 1.82) is 0 Å². The zero-order valence-corrected chi connectivity index (χ0v) is 16.6. The van der Waals surface area contributed by atoms with E-state index in [-0.39, 0.29) is 0 Å². The molecule has 0 fully saturated rings. The molecular weight excluding hydrogens is 322 g/mol. The second kappa shape index (κ2) is 15.3. The minimum atomic E-state index is 0.331. The Balaban J connectivity index is 3.34. The summed E-state index contributed by atoms with van der Waals surface area (Å²) in [5.74, 6) is 0. The van der Waals surface area contributed by atoms with Gasteiger partial charge in [-0.15, -0.1) is 0 Å². The number of unbranched alkanes of at least 4 members (excludes halogenated alkanes) is 10. The van der Waals surface area contributed by atoms with Crippen molar-refractivity contribution in [1.82, 2.24) is 5.32 Å². The molecule has 1 N–H and O–H groups in total. The molecule has 0 radical (unpaired) electrons. The summed E-state index contributed by atoms with van der Waals surface area (Å²) in [4.78, 5) is 0. The van der Waals surface area contributed by atoms with Crippen molar-refractivity contribution >= 4 is 15.9 Å². The lowest BCUT2D eigenvalue weighted by Gasteiger charge is -2.26. The largest absolute Gasteiger partial charge is 0.312 e. The fourth-order valence-electron chi connectivity index (χ4n) is 2.79. The minimum absolute atomic E-state index is 0.331. The van der Waals surface area contributed by atoms with Gasteiger partial charge in [-0.25, -0.2) is 0 Å². The van der Waals surface area contributed by atoms with E-state index >= 15 is 0 Å². The van der Waals surface area contributed by atoms with E-state index in [0.717, 1.165) is 5.33 Å². The average molecular weight is 362 g/mol. The summed E-state index contributed by atoms with van der Waals surface area (Å²) in [6.45, 7) is 8.21. The Hall–Kier alpha value is 0.440. The summed E-state index contributed by atoms with van der Waals surface area (Å²) in [5.41, 5.74) is 0.331. The molecule has 128 valence electrons. The molecule has 0 saturated heterocycles. The molecule has 0 unspecified atom stereocenters. The Morgan fingerprint density at radius 3 is 1.86 bits per heavy atom. The summed E-state index contributed by atoms with van der Waals surface area (Å²) in [7, 11) is 0. The van der Waals surface area contributed by atoms with Gasteiger partial charge in [0.25, 0.3) is 0 Å². The highest BCUT2D eigenvalue weighted by atomic mass is 79.9. The van der Waals surface area contributed by atoms with Crippen molar-refractivity contribution in [2.24, 2.45) is 0 Å². The molecule has 0 aliphatic carbocycles. The third-order valence-corrected chi connectivity index (χ3v) is 4.88. The molecule has 0 rings (SSSR count). The normalized spacial score (nSPS) is 12.0. The van der Waals surface area contributed by atoms with E-state index in [1.165, 1.54) is 90.0 Å². The van der Waals surface area contributed by atoms with Crippen LogP contribution in [0.5, 0.6) is 0 Å². The fraction of sp³-hybridized carbons (Fsp3) is 1.00. The summed E-state index contributed by atoms with van der Waals surface area (Å²) < 4.78 is 0. The number of halogens is 1. The van der Waals surface area contributed by atoms with E-state index in [1.807, 2.05) is 0 Å². The Morgan fingerprint density at radius 2 is 1.24 bits per heavy atom. The molecule has 0 aromatic rings. The Labute approximate surface area is 143 Å². The first-order chi connectivity index (χ1) is 10.1. The smallest absolute Gasteiger partial charge is 0.0125 e. The lowest BCUT2D eigenvalue weighted by molar-refractivity contribution is 0.343.